The summed E-state index contributed by atoms with van der Waals surface area (Å²) in [7, 11) is 1.38. The number of piperidine rings is 1. The molecule has 9 heteroatoms. The van der Waals surface area contributed by atoms with Crippen LogP contribution in [0.4, 0.5) is 19.0 Å². The Balaban J connectivity index is 1.95. The second kappa shape index (κ2) is 8.32. The molecule has 0 aliphatic carbocycles. The molecular formula is C19H23F3N4O2. The minimum Gasteiger partial charge on any atom is -0.507 e. The van der Waals surface area contributed by atoms with Crippen LogP contribution < -0.4 is 10.6 Å². The molecule has 3 N–H and O–H groups in total. The van der Waals surface area contributed by atoms with Gasteiger partial charge in [-0.15, -0.1) is 10.2 Å². The van der Waals surface area contributed by atoms with Crippen molar-refractivity contribution in [2.24, 2.45) is 0 Å². The van der Waals surface area contributed by atoms with Crippen molar-refractivity contribution < 1.29 is 23.0 Å². The molecular weight excluding hydrogens is 373 g/mol. The minimum atomic E-state index is -4.57. The molecule has 0 radical (unpaired) electrons. The van der Waals surface area contributed by atoms with E-state index >= 15 is 0 Å². The predicted molar refractivity (Wildman–Crippen MR) is 99.1 cm³/mol. The van der Waals surface area contributed by atoms with Crippen LogP contribution >= 0.6 is 0 Å². The number of phenols is 1. The number of aromatic nitrogens is 2. The number of ether oxygens (including phenoxy) is 1. The summed E-state index contributed by atoms with van der Waals surface area (Å²) in [6.07, 6.45) is -2.48. The van der Waals surface area contributed by atoms with Crippen LogP contribution in [-0.2, 0) is 17.5 Å². The SMILES string of the molecule is COCc1cc(C(F)(F)F)cc(O)c1-c1nnc(NC2CCCNC2)cc1C. The fourth-order valence-electron chi connectivity index (χ4n) is 3.38. The van der Waals surface area contributed by atoms with E-state index in [2.05, 4.69) is 20.8 Å². The van der Waals surface area contributed by atoms with Crippen molar-refractivity contribution in [3.63, 3.8) is 0 Å². The lowest BCUT2D eigenvalue weighted by atomic mass is 9.97. The molecule has 1 saturated heterocycles. The van der Waals surface area contributed by atoms with Gasteiger partial charge in [-0.2, -0.15) is 13.2 Å². The topological polar surface area (TPSA) is 79.3 Å². The summed E-state index contributed by atoms with van der Waals surface area (Å²) >= 11 is 0. The number of hydrogen-bond donors (Lipinski definition) is 3. The second-order valence-corrected chi connectivity index (χ2v) is 6.91. The summed E-state index contributed by atoms with van der Waals surface area (Å²) in [6.45, 7) is 3.52. The van der Waals surface area contributed by atoms with Gasteiger partial charge in [0, 0.05) is 25.3 Å². The van der Waals surface area contributed by atoms with Gasteiger partial charge in [0.05, 0.1) is 12.2 Å². The van der Waals surface area contributed by atoms with Crippen molar-refractivity contribution in [2.75, 3.05) is 25.5 Å². The van der Waals surface area contributed by atoms with Crippen LogP contribution in [0.1, 0.15) is 29.5 Å². The van der Waals surface area contributed by atoms with E-state index in [9.17, 15) is 18.3 Å². The lowest BCUT2D eigenvalue weighted by Crippen LogP contribution is -2.38. The number of anilines is 1. The number of benzene rings is 1. The fraction of sp³-hybridized carbons (Fsp3) is 0.474. The van der Waals surface area contributed by atoms with Gasteiger partial charge in [0.1, 0.15) is 17.3 Å². The largest absolute Gasteiger partial charge is 0.507 e. The van der Waals surface area contributed by atoms with E-state index in [1.165, 1.54) is 7.11 Å². The maximum absolute atomic E-state index is 13.1. The van der Waals surface area contributed by atoms with Gasteiger partial charge in [-0.05, 0) is 55.6 Å². The Kier molecular flexibility index (Phi) is 6.04. The Morgan fingerprint density at radius 3 is 2.68 bits per heavy atom. The summed E-state index contributed by atoms with van der Waals surface area (Å²) in [6, 6.07) is 3.71. The molecule has 0 spiro atoms. The third-order valence-corrected chi connectivity index (χ3v) is 4.70. The highest BCUT2D eigenvalue weighted by molar-refractivity contribution is 5.74. The Bertz CT molecular complexity index is 837. The molecule has 1 atom stereocenters. The lowest BCUT2D eigenvalue weighted by Gasteiger charge is -2.24. The van der Waals surface area contributed by atoms with Gasteiger partial charge in [0.25, 0.3) is 0 Å². The zero-order valence-corrected chi connectivity index (χ0v) is 15.7. The van der Waals surface area contributed by atoms with E-state index in [0.717, 1.165) is 32.0 Å². The molecule has 0 saturated carbocycles. The fourth-order valence-corrected chi connectivity index (χ4v) is 3.38. The Morgan fingerprint density at radius 1 is 1.29 bits per heavy atom. The van der Waals surface area contributed by atoms with Gasteiger partial charge in [-0.25, -0.2) is 0 Å². The Labute approximate surface area is 161 Å². The molecule has 1 fully saturated rings. The maximum Gasteiger partial charge on any atom is 0.416 e. The molecule has 28 heavy (non-hydrogen) atoms. The number of methoxy groups -OCH3 is 1. The quantitative estimate of drug-likeness (QED) is 0.718. The average molecular weight is 396 g/mol. The summed E-state index contributed by atoms with van der Waals surface area (Å²) in [5, 5.41) is 25.3. The second-order valence-electron chi connectivity index (χ2n) is 6.91. The molecule has 152 valence electrons. The third kappa shape index (κ3) is 4.53. The number of alkyl halides is 3. The number of rotatable bonds is 5. The summed E-state index contributed by atoms with van der Waals surface area (Å²) in [5.41, 5.74) is 0.476. The molecule has 3 rings (SSSR count). The van der Waals surface area contributed by atoms with Crippen LogP contribution in [-0.4, -0.2) is 41.5 Å². The summed E-state index contributed by atoms with van der Waals surface area (Å²) in [5.74, 6) is 0.0890. The van der Waals surface area contributed by atoms with E-state index in [4.69, 9.17) is 4.74 Å². The smallest absolute Gasteiger partial charge is 0.416 e. The first kappa shape index (κ1) is 20.3. The molecule has 1 aromatic heterocycles. The lowest BCUT2D eigenvalue weighted by molar-refractivity contribution is -0.137. The van der Waals surface area contributed by atoms with Crippen LogP contribution in [0.2, 0.25) is 0 Å². The third-order valence-electron chi connectivity index (χ3n) is 4.70. The monoisotopic (exact) mass is 396 g/mol. The standard InChI is InChI=1S/C19H23F3N4O2/c1-11-6-16(24-14-4-3-5-23-9-14)25-26-18(11)17-12(10-28-2)7-13(8-15(17)27)19(20,21)22/h6-8,14,23,27H,3-5,9-10H2,1-2H3,(H,24,25). The van der Waals surface area contributed by atoms with Gasteiger partial charge in [0.15, 0.2) is 0 Å². The number of hydrogen-bond acceptors (Lipinski definition) is 6. The molecule has 1 aliphatic rings. The van der Waals surface area contributed by atoms with Crippen LogP contribution in [0.25, 0.3) is 11.3 Å². The molecule has 1 aliphatic heterocycles. The molecule has 2 aromatic rings. The van der Waals surface area contributed by atoms with E-state index in [1.807, 2.05) is 0 Å². The van der Waals surface area contributed by atoms with Crippen LogP contribution in [0.3, 0.4) is 0 Å². The van der Waals surface area contributed by atoms with Crippen molar-refractivity contribution in [3.05, 3.63) is 34.9 Å². The summed E-state index contributed by atoms with van der Waals surface area (Å²) < 4.78 is 44.3. The van der Waals surface area contributed by atoms with Crippen LogP contribution in [0.5, 0.6) is 5.75 Å². The van der Waals surface area contributed by atoms with Crippen molar-refractivity contribution in [3.8, 4) is 17.0 Å². The first-order valence-electron chi connectivity index (χ1n) is 9.03. The van der Waals surface area contributed by atoms with Crippen LogP contribution in [0.15, 0.2) is 18.2 Å². The predicted octanol–water partition coefficient (Wildman–Crippen LogP) is 3.49. The number of phenolic OH excluding ortho intramolecular Hbond substituents is 1. The van der Waals surface area contributed by atoms with Gasteiger partial charge < -0.3 is 20.5 Å². The highest BCUT2D eigenvalue weighted by Crippen LogP contribution is 2.40. The molecule has 1 aromatic carbocycles. The highest BCUT2D eigenvalue weighted by Gasteiger charge is 2.33. The zero-order chi connectivity index (χ0) is 20.3. The van der Waals surface area contributed by atoms with E-state index in [1.54, 1.807) is 13.0 Å². The number of nitrogens with zero attached hydrogens (tertiary/aromatic N) is 2. The minimum absolute atomic E-state index is 0.0956. The molecule has 0 amide bonds. The van der Waals surface area contributed by atoms with Gasteiger partial charge in [0.2, 0.25) is 0 Å². The van der Waals surface area contributed by atoms with E-state index in [-0.39, 0.29) is 23.8 Å². The Hall–Kier alpha value is -2.39. The molecule has 0 bridgehead atoms. The van der Waals surface area contributed by atoms with Crippen molar-refractivity contribution in [1.82, 2.24) is 15.5 Å². The molecule has 6 nitrogen and oxygen atoms in total. The molecule has 1 unspecified atom stereocenters. The zero-order valence-electron chi connectivity index (χ0n) is 15.7. The molecule has 2 heterocycles. The Morgan fingerprint density at radius 2 is 2.07 bits per heavy atom. The number of halogens is 3. The first-order chi connectivity index (χ1) is 13.3. The number of nitrogens with one attached hydrogen (secondary N) is 2. The van der Waals surface area contributed by atoms with Crippen molar-refractivity contribution in [1.29, 1.82) is 0 Å². The van der Waals surface area contributed by atoms with Gasteiger partial charge in [-0.3, -0.25) is 0 Å². The summed E-state index contributed by atoms with van der Waals surface area (Å²) in [4.78, 5) is 0. The van der Waals surface area contributed by atoms with Crippen molar-refractivity contribution >= 4 is 5.82 Å². The maximum atomic E-state index is 13.1. The van der Waals surface area contributed by atoms with Crippen molar-refractivity contribution in [2.45, 2.75) is 38.6 Å². The highest BCUT2D eigenvalue weighted by atomic mass is 19.4. The average Bonchev–Trinajstić information content (AvgIpc) is 2.63. The van der Waals surface area contributed by atoms with E-state index in [0.29, 0.717) is 23.1 Å². The normalized spacial score (nSPS) is 17.5. The van der Waals surface area contributed by atoms with Gasteiger partial charge in [-0.1, -0.05) is 0 Å². The first-order valence-corrected chi connectivity index (χ1v) is 9.03. The van der Waals surface area contributed by atoms with Gasteiger partial charge >= 0.3 is 6.18 Å². The van der Waals surface area contributed by atoms with E-state index < -0.39 is 17.5 Å². The number of aryl methyl sites for hydroxylation is 1. The number of aromatic hydroxyl groups is 1. The van der Waals surface area contributed by atoms with Crippen LogP contribution in [0, 0.1) is 6.92 Å².